The van der Waals surface area contributed by atoms with Crippen LogP contribution >= 0.6 is 11.6 Å². The molecule has 3 rings (SSSR count). The SMILES string of the molecule is C=CC(=O)Nc1cc(Nc2nccc(Nc3ccc(F)c(Cl)c3)n2)c(OC)cc1NCC(C)N(C)C. The van der Waals surface area contributed by atoms with Crippen molar-refractivity contribution in [2.45, 2.75) is 13.0 Å². The van der Waals surface area contributed by atoms with Crippen LogP contribution < -0.4 is 26.0 Å². The van der Waals surface area contributed by atoms with Crippen LogP contribution in [0.25, 0.3) is 0 Å². The third kappa shape index (κ3) is 7.06. The number of anilines is 6. The number of carbonyl (C=O) groups excluding carboxylic acids is 1. The first-order valence-electron chi connectivity index (χ1n) is 11.1. The number of benzene rings is 2. The van der Waals surface area contributed by atoms with Gasteiger partial charge >= 0.3 is 0 Å². The summed E-state index contributed by atoms with van der Waals surface area (Å²) in [5.74, 6) is 0.390. The van der Waals surface area contributed by atoms with E-state index in [-0.39, 0.29) is 22.9 Å². The lowest BCUT2D eigenvalue weighted by molar-refractivity contribution is -0.111. The molecule has 0 saturated carbocycles. The van der Waals surface area contributed by atoms with Crippen LogP contribution in [0.1, 0.15) is 6.92 Å². The minimum atomic E-state index is -0.507. The van der Waals surface area contributed by atoms with Crippen LogP contribution in [-0.2, 0) is 4.79 Å². The van der Waals surface area contributed by atoms with Crippen LogP contribution in [0.4, 0.5) is 38.9 Å². The summed E-state index contributed by atoms with van der Waals surface area (Å²) >= 11 is 5.86. The Morgan fingerprint density at radius 2 is 1.97 bits per heavy atom. The van der Waals surface area contributed by atoms with E-state index in [2.05, 4.69) is 49.6 Å². The summed E-state index contributed by atoms with van der Waals surface area (Å²) in [4.78, 5) is 22.9. The minimum Gasteiger partial charge on any atom is -0.494 e. The van der Waals surface area contributed by atoms with Crippen LogP contribution in [-0.4, -0.2) is 54.6 Å². The number of hydrogen-bond donors (Lipinski definition) is 4. The van der Waals surface area contributed by atoms with Gasteiger partial charge in [-0.1, -0.05) is 18.2 Å². The topological polar surface area (TPSA) is 103 Å². The van der Waals surface area contributed by atoms with Gasteiger partial charge in [0.25, 0.3) is 0 Å². The zero-order valence-electron chi connectivity index (χ0n) is 20.5. The third-order valence-corrected chi connectivity index (χ3v) is 5.64. The van der Waals surface area contributed by atoms with Gasteiger partial charge in [-0.25, -0.2) is 9.37 Å². The van der Waals surface area contributed by atoms with Gasteiger partial charge in [0.15, 0.2) is 0 Å². The number of nitrogens with zero attached hydrogens (tertiary/aromatic N) is 3. The predicted octanol–water partition coefficient (Wildman–Crippen LogP) is 5.25. The summed E-state index contributed by atoms with van der Waals surface area (Å²) in [6, 6.07) is 9.70. The highest BCUT2D eigenvalue weighted by Gasteiger charge is 2.15. The standard InChI is InChI=1S/C25H29ClFN7O2/c1-6-24(35)31-20-12-21(22(36-5)13-19(20)29-14-15(2)34(3)4)32-25-28-10-9-23(33-25)30-16-7-8-18(27)17(26)11-16/h6-13,15,29H,1,14H2,2-5H3,(H,31,35)(H2,28,30,32,33). The van der Waals surface area contributed by atoms with E-state index in [0.717, 1.165) is 0 Å². The van der Waals surface area contributed by atoms with Crippen LogP contribution in [0.15, 0.2) is 55.3 Å². The second-order valence-electron chi connectivity index (χ2n) is 8.13. The van der Waals surface area contributed by atoms with E-state index in [1.807, 2.05) is 14.1 Å². The predicted molar refractivity (Wildman–Crippen MR) is 143 cm³/mol. The van der Waals surface area contributed by atoms with Crippen molar-refractivity contribution >= 4 is 52.0 Å². The first-order chi connectivity index (χ1) is 17.2. The van der Waals surface area contributed by atoms with Crippen molar-refractivity contribution < 1.29 is 13.9 Å². The lowest BCUT2D eigenvalue weighted by atomic mass is 10.2. The fourth-order valence-electron chi connectivity index (χ4n) is 3.05. The molecule has 9 nitrogen and oxygen atoms in total. The van der Waals surface area contributed by atoms with Gasteiger partial charge in [0, 0.05) is 30.5 Å². The van der Waals surface area contributed by atoms with E-state index in [1.54, 1.807) is 37.6 Å². The summed E-state index contributed by atoms with van der Waals surface area (Å²) < 4.78 is 19.0. The van der Waals surface area contributed by atoms with Gasteiger partial charge in [0.05, 0.1) is 29.2 Å². The monoisotopic (exact) mass is 513 g/mol. The molecule has 0 radical (unpaired) electrons. The minimum absolute atomic E-state index is 0.0000775. The number of nitrogens with one attached hydrogen (secondary N) is 4. The molecule has 11 heteroatoms. The average Bonchev–Trinajstić information content (AvgIpc) is 2.85. The molecule has 190 valence electrons. The first kappa shape index (κ1) is 26.7. The van der Waals surface area contributed by atoms with Crippen molar-refractivity contribution in [1.82, 2.24) is 14.9 Å². The zero-order valence-corrected chi connectivity index (χ0v) is 21.3. The first-order valence-corrected chi connectivity index (χ1v) is 11.5. The molecule has 1 aromatic heterocycles. The van der Waals surface area contributed by atoms with Gasteiger partial charge in [-0.3, -0.25) is 4.79 Å². The number of carbonyl (C=O) groups is 1. The summed E-state index contributed by atoms with van der Waals surface area (Å²) in [6.07, 6.45) is 2.76. The molecule has 3 aromatic rings. The summed E-state index contributed by atoms with van der Waals surface area (Å²) in [7, 11) is 5.54. The smallest absolute Gasteiger partial charge is 0.247 e. The molecule has 4 N–H and O–H groups in total. The van der Waals surface area contributed by atoms with Crippen molar-refractivity contribution in [3.63, 3.8) is 0 Å². The molecule has 1 heterocycles. The van der Waals surface area contributed by atoms with E-state index < -0.39 is 5.82 Å². The molecule has 2 aromatic carbocycles. The Kier molecular flexibility index (Phi) is 9.04. The molecule has 0 aliphatic carbocycles. The Bertz CT molecular complexity index is 1240. The quantitative estimate of drug-likeness (QED) is 0.258. The van der Waals surface area contributed by atoms with Crippen LogP contribution in [0, 0.1) is 5.82 Å². The fraction of sp³-hybridized carbons (Fsp3) is 0.240. The Balaban J connectivity index is 1.88. The molecule has 0 spiro atoms. The number of aromatic nitrogens is 2. The summed E-state index contributed by atoms with van der Waals surface area (Å²) in [6.45, 7) is 6.25. The highest BCUT2D eigenvalue weighted by molar-refractivity contribution is 6.31. The van der Waals surface area contributed by atoms with Gasteiger partial charge in [0.2, 0.25) is 11.9 Å². The lowest BCUT2D eigenvalue weighted by Crippen LogP contribution is -2.31. The lowest BCUT2D eigenvalue weighted by Gasteiger charge is -2.23. The maximum atomic E-state index is 13.5. The van der Waals surface area contributed by atoms with Crippen molar-refractivity contribution in [3.05, 3.63) is 66.1 Å². The molecule has 0 aliphatic rings. The Hall–Kier alpha value is -3.89. The van der Waals surface area contributed by atoms with Crippen molar-refractivity contribution in [2.75, 3.05) is 49.0 Å². The van der Waals surface area contributed by atoms with Crippen molar-refractivity contribution in [3.8, 4) is 5.75 Å². The normalized spacial score (nSPS) is 11.5. The van der Waals surface area contributed by atoms with Gasteiger partial charge in [-0.2, -0.15) is 4.98 Å². The molecule has 1 amide bonds. The van der Waals surface area contributed by atoms with E-state index in [9.17, 15) is 9.18 Å². The second kappa shape index (κ2) is 12.2. The van der Waals surface area contributed by atoms with E-state index in [0.29, 0.717) is 40.9 Å². The molecular weight excluding hydrogens is 485 g/mol. The van der Waals surface area contributed by atoms with E-state index in [4.69, 9.17) is 16.3 Å². The number of methoxy groups -OCH3 is 1. The summed E-state index contributed by atoms with van der Waals surface area (Å²) in [5, 5.41) is 12.4. The van der Waals surface area contributed by atoms with Gasteiger partial charge in [-0.05, 0) is 57.4 Å². The fourth-order valence-corrected chi connectivity index (χ4v) is 3.23. The molecule has 36 heavy (non-hydrogen) atoms. The van der Waals surface area contributed by atoms with Crippen molar-refractivity contribution in [1.29, 1.82) is 0 Å². The van der Waals surface area contributed by atoms with Crippen LogP contribution in [0.5, 0.6) is 5.75 Å². The van der Waals surface area contributed by atoms with Crippen LogP contribution in [0.2, 0.25) is 5.02 Å². The highest BCUT2D eigenvalue weighted by Crippen LogP contribution is 2.36. The molecule has 1 atom stereocenters. The number of rotatable bonds is 11. The Morgan fingerprint density at radius 1 is 1.19 bits per heavy atom. The van der Waals surface area contributed by atoms with Gasteiger partial charge in [-0.15, -0.1) is 0 Å². The maximum absolute atomic E-state index is 13.5. The summed E-state index contributed by atoms with van der Waals surface area (Å²) in [5.41, 5.74) is 2.32. The maximum Gasteiger partial charge on any atom is 0.247 e. The molecule has 0 saturated heterocycles. The number of halogens is 2. The molecule has 0 aliphatic heterocycles. The molecule has 1 unspecified atom stereocenters. The Labute approximate surface area is 214 Å². The molecule has 0 fully saturated rings. The molecular formula is C25H29ClFN7O2. The molecule has 0 bridgehead atoms. The Morgan fingerprint density at radius 3 is 2.64 bits per heavy atom. The average molecular weight is 514 g/mol. The van der Waals surface area contributed by atoms with E-state index in [1.165, 1.54) is 18.2 Å². The zero-order chi connectivity index (χ0) is 26.2. The van der Waals surface area contributed by atoms with Gasteiger partial charge < -0.3 is 30.9 Å². The van der Waals surface area contributed by atoms with Gasteiger partial charge in [0.1, 0.15) is 17.4 Å². The van der Waals surface area contributed by atoms with Crippen molar-refractivity contribution in [2.24, 2.45) is 0 Å². The van der Waals surface area contributed by atoms with Crippen LogP contribution in [0.3, 0.4) is 0 Å². The second-order valence-corrected chi connectivity index (χ2v) is 8.54. The third-order valence-electron chi connectivity index (χ3n) is 5.35. The van der Waals surface area contributed by atoms with E-state index >= 15 is 0 Å². The number of likely N-dealkylation sites (N-methyl/N-ethyl adjacent to an activating group) is 1. The largest absolute Gasteiger partial charge is 0.494 e. The number of amides is 1. The number of ether oxygens (including phenoxy) is 1. The number of hydrogen-bond acceptors (Lipinski definition) is 8. The highest BCUT2D eigenvalue weighted by atomic mass is 35.5.